The van der Waals surface area contributed by atoms with E-state index in [1.165, 1.54) is 12.1 Å². The van der Waals surface area contributed by atoms with Gasteiger partial charge in [-0.1, -0.05) is 29.8 Å². The van der Waals surface area contributed by atoms with E-state index in [2.05, 4.69) is 9.71 Å². The van der Waals surface area contributed by atoms with E-state index in [1.807, 2.05) is 12.1 Å². The molecule has 0 radical (unpaired) electrons. The van der Waals surface area contributed by atoms with Gasteiger partial charge in [0.15, 0.2) is 6.61 Å². The largest absolute Gasteiger partial charge is 0.454 e. The highest BCUT2D eigenvalue weighted by atomic mass is 35.5. The Kier molecular flexibility index (Phi) is 6.03. The first-order valence-electron chi connectivity index (χ1n) is 9.08. The van der Waals surface area contributed by atoms with Crippen LogP contribution in [0, 0.1) is 0 Å². The van der Waals surface area contributed by atoms with E-state index in [-0.39, 0.29) is 21.3 Å². The molecule has 3 rings (SSSR count). The molecule has 0 aliphatic carbocycles. The van der Waals surface area contributed by atoms with Crippen LogP contribution in [-0.4, -0.2) is 37.3 Å². The zero-order chi connectivity index (χ0) is 22.1. The van der Waals surface area contributed by atoms with E-state index in [4.69, 9.17) is 16.3 Å². The van der Waals surface area contributed by atoms with Crippen LogP contribution in [0.5, 0.6) is 0 Å². The summed E-state index contributed by atoms with van der Waals surface area (Å²) < 4.78 is 32.8. The number of nitrogens with one attached hydrogen (secondary N) is 2. The van der Waals surface area contributed by atoms with Gasteiger partial charge in [-0.2, -0.15) is 0 Å². The van der Waals surface area contributed by atoms with Crippen molar-refractivity contribution >= 4 is 44.3 Å². The standard InChI is InChI=1S/C21H21ClN2O5S/c1-21(2,3)24-30(27,28)19-10-13(8-9-16(19)22)20(26)29-12-18(25)15-11-23-17-7-5-4-6-14(15)17/h4-11,23-24H,12H2,1-3H3. The van der Waals surface area contributed by atoms with E-state index in [0.29, 0.717) is 5.56 Å². The van der Waals surface area contributed by atoms with E-state index >= 15 is 0 Å². The Balaban J connectivity index is 1.77. The van der Waals surface area contributed by atoms with Gasteiger partial charge in [-0.05, 0) is 45.0 Å². The number of benzene rings is 2. The van der Waals surface area contributed by atoms with Crippen LogP contribution in [0.25, 0.3) is 10.9 Å². The van der Waals surface area contributed by atoms with Gasteiger partial charge in [-0.15, -0.1) is 0 Å². The van der Waals surface area contributed by atoms with Gasteiger partial charge in [0, 0.05) is 28.2 Å². The number of hydrogen-bond donors (Lipinski definition) is 2. The molecule has 0 saturated heterocycles. The van der Waals surface area contributed by atoms with Crippen molar-refractivity contribution in [3.8, 4) is 0 Å². The van der Waals surface area contributed by atoms with E-state index in [9.17, 15) is 18.0 Å². The zero-order valence-electron chi connectivity index (χ0n) is 16.7. The number of H-pyrrole nitrogens is 1. The van der Waals surface area contributed by atoms with Gasteiger partial charge in [0.25, 0.3) is 0 Å². The number of esters is 1. The Labute approximate surface area is 179 Å². The molecule has 0 saturated carbocycles. The number of halogens is 1. The van der Waals surface area contributed by atoms with Crippen LogP contribution in [0.1, 0.15) is 41.5 Å². The molecule has 2 aromatic carbocycles. The summed E-state index contributed by atoms with van der Waals surface area (Å²) in [4.78, 5) is 27.6. The van der Waals surface area contributed by atoms with Crippen molar-refractivity contribution in [3.05, 3.63) is 64.8 Å². The van der Waals surface area contributed by atoms with Gasteiger partial charge in [0.2, 0.25) is 15.8 Å². The highest BCUT2D eigenvalue weighted by Crippen LogP contribution is 2.24. The third kappa shape index (κ3) is 4.89. The lowest BCUT2D eigenvalue weighted by molar-refractivity contribution is 0.0475. The smallest absolute Gasteiger partial charge is 0.338 e. The molecular formula is C21H21ClN2O5S. The van der Waals surface area contributed by atoms with Gasteiger partial charge in [-0.25, -0.2) is 17.9 Å². The number of sulfonamides is 1. The lowest BCUT2D eigenvalue weighted by Gasteiger charge is -2.21. The van der Waals surface area contributed by atoms with Gasteiger partial charge >= 0.3 is 5.97 Å². The molecule has 0 aliphatic heterocycles. The summed E-state index contributed by atoms with van der Waals surface area (Å²) in [5.41, 5.74) is 0.448. The van der Waals surface area contributed by atoms with Crippen molar-refractivity contribution in [1.82, 2.24) is 9.71 Å². The van der Waals surface area contributed by atoms with Crippen molar-refractivity contribution < 1.29 is 22.7 Å². The second-order valence-corrected chi connectivity index (χ2v) is 9.81. The third-order valence-electron chi connectivity index (χ3n) is 4.12. The monoisotopic (exact) mass is 448 g/mol. The Hall–Kier alpha value is -2.68. The second kappa shape index (κ2) is 8.22. The topological polar surface area (TPSA) is 105 Å². The fourth-order valence-electron chi connectivity index (χ4n) is 2.89. The highest BCUT2D eigenvalue weighted by molar-refractivity contribution is 7.89. The maximum absolute atomic E-state index is 12.6. The molecule has 3 aromatic rings. The summed E-state index contributed by atoms with van der Waals surface area (Å²) >= 11 is 6.04. The summed E-state index contributed by atoms with van der Waals surface area (Å²) in [5, 5.41) is 0.699. The highest BCUT2D eigenvalue weighted by Gasteiger charge is 2.26. The molecule has 0 amide bonds. The minimum atomic E-state index is -3.96. The lowest BCUT2D eigenvalue weighted by Crippen LogP contribution is -2.40. The minimum absolute atomic E-state index is 0.0274. The van der Waals surface area contributed by atoms with Crippen molar-refractivity contribution in [3.63, 3.8) is 0 Å². The number of para-hydroxylation sites is 1. The van der Waals surface area contributed by atoms with Gasteiger partial charge in [0.05, 0.1) is 10.6 Å². The number of fused-ring (bicyclic) bond motifs is 1. The van der Waals surface area contributed by atoms with Crippen molar-refractivity contribution in [2.45, 2.75) is 31.2 Å². The van der Waals surface area contributed by atoms with Gasteiger partial charge in [0.1, 0.15) is 4.90 Å². The molecule has 0 atom stereocenters. The first-order valence-corrected chi connectivity index (χ1v) is 10.9. The van der Waals surface area contributed by atoms with Crippen LogP contribution in [0.4, 0.5) is 0 Å². The Morgan fingerprint density at radius 3 is 2.53 bits per heavy atom. The molecule has 0 bridgehead atoms. The van der Waals surface area contributed by atoms with Crippen LogP contribution in [0.3, 0.4) is 0 Å². The van der Waals surface area contributed by atoms with Crippen LogP contribution >= 0.6 is 11.6 Å². The van der Waals surface area contributed by atoms with Crippen molar-refractivity contribution in [2.75, 3.05) is 6.61 Å². The molecule has 2 N–H and O–H groups in total. The predicted octanol–water partition coefficient (Wildman–Crippen LogP) is 3.94. The molecule has 9 heteroatoms. The number of aromatic amines is 1. The molecule has 0 unspecified atom stereocenters. The minimum Gasteiger partial charge on any atom is -0.454 e. The normalized spacial score (nSPS) is 12.1. The molecule has 0 aliphatic rings. The first kappa shape index (κ1) is 22.0. The third-order valence-corrected chi connectivity index (χ3v) is 6.36. The van der Waals surface area contributed by atoms with Crippen molar-refractivity contribution in [1.29, 1.82) is 0 Å². The zero-order valence-corrected chi connectivity index (χ0v) is 18.2. The SMILES string of the molecule is CC(C)(C)NS(=O)(=O)c1cc(C(=O)OCC(=O)c2c[nH]c3ccccc23)ccc1Cl. The number of ketones is 1. The molecule has 0 fully saturated rings. The maximum atomic E-state index is 12.6. The molecule has 1 aromatic heterocycles. The summed E-state index contributed by atoms with van der Waals surface area (Å²) in [6.45, 7) is 4.58. The predicted molar refractivity (Wildman–Crippen MR) is 114 cm³/mol. The Morgan fingerprint density at radius 1 is 1.13 bits per heavy atom. The number of carbonyl (C=O) groups excluding carboxylic acids is 2. The molecule has 30 heavy (non-hydrogen) atoms. The average molecular weight is 449 g/mol. The summed E-state index contributed by atoms with van der Waals surface area (Å²) in [6, 6.07) is 11.1. The van der Waals surface area contributed by atoms with Gasteiger partial charge < -0.3 is 9.72 Å². The number of aromatic nitrogens is 1. The quantitative estimate of drug-likeness (QED) is 0.439. The lowest BCUT2D eigenvalue weighted by atomic mass is 10.1. The maximum Gasteiger partial charge on any atom is 0.338 e. The number of Topliss-reactive ketones (excluding diaryl/α,β-unsaturated/α-hetero) is 1. The molecule has 158 valence electrons. The Bertz CT molecular complexity index is 1230. The molecule has 0 spiro atoms. The number of rotatable bonds is 6. The van der Waals surface area contributed by atoms with Crippen molar-refractivity contribution in [2.24, 2.45) is 0 Å². The fraction of sp³-hybridized carbons (Fsp3) is 0.238. The van der Waals surface area contributed by atoms with E-state index in [0.717, 1.165) is 17.0 Å². The molecule has 1 heterocycles. The Morgan fingerprint density at radius 2 is 1.83 bits per heavy atom. The summed E-state index contributed by atoms with van der Waals surface area (Å²) in [7, 11) is -3.96. The molecular weight excluding hydrogens is 428 g/mol. The number of carbonyl (C=O) groups is 2. The van der Waals surface area contributed by atoms with Gasteiger partial charge in [-0.3, -0.25) is 4.79 Å². The van der Waals surface area contributed by atoms with Crippen LogP contribution in [0.15, 0.2) is 53.6 Å². The molecule has 7 nitrogen and oxygen atoms in total. The van der Waals surface area contributed by atoms with E-state index in [1.54, 1.807) is 39.1 Å². The summed E-state index contributed by atoms with van der Waals surface area (Å²) in [5.74, 6) is -1.20. The first-order chi connectivity index (χ1) is 14.0. The van der Waals surface area contributed by atoms with Crippen LogP contribution in [-0.2, 0) is 14.8 Å². The summed E-state index contributed by atoms with van der Waals surface area (Å²) in [6.07, 6.45) is 1.56. The number of ether oxygens (including phenoxy) is 1. The van der Waals surface area contributed by atoms with Crippen LogP contribution < -0.4 is 4.72 Å². The number of hydrogen-bond acceptors (Lipinski definition) is 5. The van der Waals surface area contributed by atoms with E-state index < -0.39 is 28.1 Å². The fourth-order valence-corrected chi connectivity index (χ4v) is 4.83. The van der Waals surface area contributed by atoms with Crippen LogP contribution in [0.2, 0.25) is 5.02 Å². The second-order valence-electron chi connectivity index (χ2n) is 7.75. The average Bonchev–Trinajstić information content (AvgIpc) is 3.08.